The average Bonchev–Trinajstić information content (AvgIpc) is 3.17. The van der Waals surface area contributed by atoms with E-state index < -0.39 is 0 Å². The lowest BCUT2D eigenvalue weighted by Gasteiger charge is -2.15. The van der Waals surface area contributed by atoms with Crippen molar-refractivity contribution < 1.29 is 19.0 Å². The van der Waals surface area contributed by atoms with Crippen molar-refractivity contribution >= 4 is 45.6 Å². The molecule has 0 atom stereocenters. The highest BCUT2D eigenvalue weighted by atomic mass is 35.5. The van der Waals surface area contributed by atoms with Gasteiger partial charge in [0.15, 0.2) is 16.6 Å². The maximum Gasteiger partial charge on any atom is 0.230 e. The normalized spacial score (nSPS) is 10.5. The summed E-state index contributed by atoms with van der Waals surface area (Å²) in [4.78, 5) is 17.0. The molecule has 0 radical (unpaired) electrons. The zero-order chi connectivity index (χ0) is 21.0. The monoisotopic (exact) mass is 452 g/mol. The van der Waals surface area contributed by atoms with Crippen LogP contribution < -0.4 is 19.5 Å². The molecule has 3 rings (SSSR count). The fourth-order valence-electron chi connectivity index (χ4n) is 2.79. The van der Waals surface area contributed by atoms with E-state index in [1.807, 2.05) is 5.38 Å². The van der Waals surface area contributed by atoms with E-state index >= 15 is 0 Å². The van der Waals surface area contributed by atoms with E-state index in [-0.39, 0.29) is 12.3 Å². The van der Waals surface area contributed by atoms with Crippen LogP contribution in [0.4, 0.5) is 5.13 Å². The van der Waals surface area contributed by atoms with E-state index in [0.29, 0.717) is 49.2 Å². The summed E-state index contributed by atoms with van der Waals surface area (Å²) < 4.78 is 16.0. The third-order valence-electron chi connectivity index (χ3n) is 4.09. The number of nitrogens with one attached hydrogen (secondary N) is 1. The summed E-state index contributed by atoms with van der Waals surface area (Å²) in [6.45, 7) is 0. The van der Waals surface area contributed by atoms with Gasteiger partial charge in [0.1, 0.15) is 0 Å². The van der Waals surface area contributed by atoms with Crippen molar-refractivity contribution in [2.75, 3.05) is 26.6 Å². The van der Waals surface area contributed by atoms with Crippen molar-refractivity contribution in [1.29, 1.82) is 0 Å². The molecule has 0 aliphatic heterocycles. The predicted octanol–water partition coefficient (Wildman–Crippen LogP) is 5.32. The standard InChI is InChI=1S/C20H18Cl2N2O4S/c1-26-16-7-4-11(18(27-2)19(16)28-3)8-17(25)24-20-23-15(10-29-20)13-9-12(21)5-6-14(13)22/h4-7,9-10H,8H2,1-3H3,(H,23,24,25). The number of carbonyl (C=O) groups is 1. The average molecular weight is 453 g/mol. The Morgan fingerprint density at radius 1 is 1.07 bits per heavy atom. The van der Waals surface area contributed by atoms with Crippen molar-refractivity contribution in [3.05, 3.63) is 51.3 Å². The molecule has 1 amide bonds. The quantitative estimate of drug-likeness (QED) is 0.524. The van der Waals surface area contributed by atoms with E-state index in [0.717, 1.165) is 0 Å². The molecule has 1 N–H and O–H groups in total. The Bertz CT molecular complexity index is 1040. The molecule has 0 aliphatic rings. The Morgan fingerprint density at radius 2 is 1.83 bits per heavy atom. The molecule has 9 heteroatoms. The number of halogens is 2. The van der Waals surface area contributed by atoms with Crippen molar-refractivity contribution in [3.8, 4) is 28.5 Å². The number of hydrogen-bond donors (Lipinski definition) is 1. The summed E-state index contributed by atoms with van der Waals surface area (Å²) in [7, 11) is 4.57. The van der Waals surface area contributed by atoms with Gasteiger partial charge in [0.2, 0.25) is 11.7 Å². The van der Waals surface area contributed by atoms with E-state index in [1.165, 1.54) is 32.7 Å². The summed E-state index contributed by atoms with van der Waals surface area (Å²) in [5, 5.41) is 6.16. The van der Waals surface area contributed by atoms with Crippen LogP contribution in [0.25, 0.3) is 11.3 Å². The van der Waals surface area contributed by atoms with Gasteiger partial charge in [-0.05, 0) is 24.3 Å². The lowest BCUT2D eigenvalue weighted by Crippen LogP contribution is -2.15. The van der Waals surface area contributed by atoms with Gasteiger partial charge in [0.05, 0.1) is 38.5 Å². The molecule has 0 unspecified atom stereocenters. The van der Waals surface area contributed by atoms with Crippen molar-refractivity contribution in [2.24, 2.45) is 0 Å². The number of anilines is 1. The van der Waals surface area contributed by atoms with Crippen LogP contribution in [0.15, 0.2) is 35.7 Å². The first kappa shape index (κ1) is 21.2. The van der Waals surface area contributed by atoms with Gasteiger partial charge in [-0.3, -0.25) is 4.79 Å². The zero-order valence-electron chi connectivity index (χ0n) is 15.9. The number of thiazole rings is 1. The highest BCUT2D eigenvalue weighted by molar-refractivity contribution is 7.14. The lowest BCUT2D eigenvalue weighted by atomic mass is 10.1. The molecule has 0 fully saturated rings. The van der Waals surface area contributed by atoms with Crippen LogP contribution in [0, 0.1) is 0 Å². The fraction of sp³-hybridized carbons (Fsp3) is 0.200. The third-order valence-corrected chi connectivity index (χ3v) is 5.41. The molecule has 0 spiro atoms. The van der Waals surface area contributed by atoms with Crippen LogP contribution in [0.2, 0.25) is 10.0 Å². The van der Waals surface area contributed by atoms with Gasteiger partial charge < -0.3 is 19.5 Å². The van der Waals surface area contributed by atoms with Gasteiger partial charge in [-0.1, -0.05) is 29.3 Å². The van der Waals surface area contributed by atoms with Crippen LogP contribution in [0.5, 0.6) is 17.2 Å². The molecule has 0 saturated carbocycles. The van der Waals surface area contributed by atoms with E-state index in [1.54, 1.807) is 30.3 Å². The molecule has 3 aromatic rings. The van der Waals surface area contributed by atoms with Crippen molar-refractivity contribution in [1.82, 2.24) is 4.98 Å². The van der Waals surface area contributed by atoms with Crippen LogP contribution in [-0.2, 0) is 11.2 Å². The second kappa shape index (κ2) is 9.35. The number of benzene rings is 2. The molecule has 6 nitrogen and oxygen atoms in total. The minimum absolute atomic E-state index is 0.0797. The van der Waals surface area contributed by atoms with Gasteiger partial charge in [-0.15, -0.1) is 11.3 Å². The molecule has 0 saturated heterocycles. The van der Waals surface area contributed by atoms with Crippen LogP contribution in [0.1, 0.15) is 5.56 Å². The lowest BCUT2D eigenvalue weighted by molar-refractivity contribution is -0.115. The Labute approximate surface area is 182 Å². The molecule has 1 heterocycles. The summed E-state index contributed by atoms with van der Waals surface area (Å²) in [6.07, 6.45) is 0.0797. The first-order chi connectivity index (χ1) is 14.0. The Balaban J connectivity index is 1.77. The second-order valence-corrected chi connectivity index (χ2v) is 7.58. The van der Waals surface area contributed by atoms with E-state index in [9.17, 15) is 4.79 Å². The first-order valence-corrected chi connectivity index (χ1v) is 10.1. The van der Waals surface area contributed by atoms with Crippen LogP contribution in [-0.4, -0.2) is 32.2 Å². The number of methoxy groups -OCH3 is 3. The third kappa shape index (κ3) is 4.75. The van der Waals surface area contributed by atoms with Gasteiger partial charge >= 0.3 is 0 Å². The summed E-state index contributed by atoms with van der Waals surface area (Å²) in [5.41, 5.74) is 2.01. The van der Waals surface area contributed by atoms with Crippen LogP contribution >= 0.6 is 34.5 Å². The number of nitrogens with zero attached hydrogens (tertiary/aromatic N) is 1. The zero-order valence-corrected chi connectivity index (χ0v) is 18.2. The molecular weight excluding hydrogens is 435 g/mol. The molecule has 152 valence electrons. The number of ether oxygens (including phenoxy) is 3. The maximum absolute atomic E-state index is 12.6. The first-order valence-electron chi connectivity index (χ1n) is 8.45. The Kier molecular flexibility index (Phi) is 6.84. The molecule has 1 aromatic heterocycles. The smallest absolute Gasteiger partial charge is 0.230 e. The maximum atomic E-state index is 12.6. The van der Waals surface area contributed by atoms with Gasteiger partial charge in [-0.2, -0.15) is 0 Å². The molecule has 29 heavy (non-hydrogen) atoms. The van der Waals surface area contributed by atoms with E-state index in [4.69, 9.17) is 37.4 Å². The highest BCUT2D eigenvalue weighted by Gasteiger charge is 2.18. The van der Waals surface area contributed by atoms with E-state index in [2.05, 4.69) is 10.3 Å². The van der Waals surface area contributed by atoms with Gasteiger partial charge in [0.25, 0.3) is 0 Å². The largest absolute Gasteiger partial charge is 0.493 e. The van der Waals surface area contributed by atoms with Crippen molar-refractivity contribution in [2.45, 2.75) is 6.42 Å². The van der Waals surface area contributed by atoms with Gasteiger partial charge in [0, 0.05) is 21.5 Å². The predicted molar refractivity (Wildman–Crippen MR) is 116 cm³/mol. The molecule has 0 bridgehead atoms. The molecule has 2 aromatic carbocycles. The number of hydrogen-bond acceptors (Lipinski definition) is 6. The minimum Gasteiger partial charge on any atom is -0.493 e. The number of aromatic nitrogens is 1. The fourth-order valence-corrected chi connectivity index (χ4v) is 3.90. The SMILES string of the molecule is COc1ccc(CC(=O)Nc2nc(-c3cc(Cl)ccc3Cl)cs2)c(OC)c1OC. The minimum atomic E-state index is -0.242. The number of rotatable bonds is 7. The Hall–Kier alpha value is -2.48. The summed E-state index contributed by atoms with van der Waals surface area (Å²) >= 11 is 13.6. The molecule has 0 aliphatic carbocycles. The second-order valence-electron chi connectivity index (χ2n) is 5.88. The summed E-state index contributed by atoms with van der Waals surface area (Å²) in [5.74, 6) is 1.17. The summed E-state index contributed by atoms with van der Waals surface area (Å²) in [6, 6.07) is 8.64. The van der Waals surface area contributed by atoms with Crippen LogP contribution in [0.3, 0.4) is 0 Å². The highest BCUT2D eigenvalue weighted by Crippen LogP contribution is 2.40. The molecular formula is C20H18Cl2N2O4S. The topological polar surface area (TPSA) is 69.7 Å². The van der Waals surface area contributed by atoms with Crippen molar-refractivity contribution in [3.63, 3.8) is 0 Å². The van der Waals surface area contributed by atoms with Gasteiger partial charge in [-0.25, -0.2) is 4.98 Å². The Morgan fingerprint density at radius 3 is 2.52 bits per heavy atom. The number of carbonyl (C=O) groups excluding carboxylic acids is 1. The number of amides is 1.